The maximum absolute atomic E-state index is 4.79. The molecule has 0 saturated heterocycles. The summed E-state index contributed by atoms with van der Waals surface area (Å²) in [5, 5.41) is 1.23. The summed E-state index contributed by atoms with van der Waals surface area (Å²) in [7, 11) is 2.06. The van der Waals surface area contributed by atoms with Crippen molar-refractivity contribution >= 4 is 22.3 Å². The van der Waals surface area contributed by atoms with Crippen molar-refractivity contribution in [2.45, 2.75) is 13.8 Å². The Bertz CT molecular complexity index is 856. The number of hydrogen-bond acceptors (Lipinski definition) is 2. The van der Waals surface area contributed by atoms with Gasteiger partial charge in [-0.3, -0.25) is 0 Å². The Balaban J connectivity index is 2.00. The smallest absolute Gasteiger partial charge is 0.133 e. The molecule has 0 radical (unpaired) electrons. The molecule has 1 aromatic heterocycles. The van der Waals surface area contributed by atoms with E-state index in [0.717, 1.165) is 24.3 Å². The molecule has 0 aliphatic carbocycles. The predicted molar refractivity (Wildman–Crippen MR) is 98.1 cm³/mol. The molecule has 0 atom stereocenters. The number of hydrogen-bond donors (Lipinski definition) is 0. The van der Waals surface area contributed by atoms with Crippen LogP contribution in [0.25, 0.3) is 10.9 Å². The van der Waals surface area contributed by atoms with E-state index in [-0.39, 0.29) is 0 Å². The molecule has 3 nitrogen and oxygen atoms in total. The van der Waals surface area contributed by atoms with Crippen LogP contribution >= 0.6 is 0 Å². The molecule has 0 spiro atoms. The second-order valence-electron chi connectivity index (χ2n) is 5.61. The van der Waals surface area contributed by atoms with E-state index < -0.39 is 0 Å². The van der Waals surface area contributed by atoms with E-state index in [1.54, 1.807) is 0 Å². The number of aryl methyl sites for hydroxylation is 1. The molecule has 3 aromatic rings. The van der Waals surface area contributed by atoms with Crippen molar-refractivity contribution in [2.75, 3.05) is 18.0 Å². The number of pyridine rings is 1. The van der Waals surface area contributed by atoms with Crippen molar-refractivity contribution in [2.24, 2.45) is 12.0 Å². The van der Waals surface area contributed by atoms with Gasteiger partial charge in [0.1, 0.15) is 5.49 Å². The summed E-state index contributed by atoms with van der Waals surface area (Å²) in [6, 6.07) is 21.0. The Morgan fingerprint density at radius 3 is 2.26 bits per heavy atom. The van der Waals surface area contributed by atoms with Gasteiger partial charge in [0.15, 0.2) is 0 Å². The van der Waals surface area contributed by atoms with Gasteiger partial charge in [0.2, 0.25) is 0 Å². The zero-order valence-corrected chi connectivity index (χ0v) is 14.0. The van der Waals surface area contributed by atoms with Crippen LogP contribution < -0.4 is 10.4 Å². The van der Waals surface area contributed by atoms with E-state index in [0.29, 0.717) is 0 Å². The van der Waals surface area contributed by atoms with Gasteiger partial charge in [-0.05, 0) is 61.7 Å². The minimum Gasteiger partial charge on any atom is -0.372 e. The second kappa shape index (κ2) is 6.69. The highest BCUT2D eigenvalue weighted by Gasteiger charge is 2.01. The van der Waals surface area contributed by atoms with Gasteiger partial charge in [0.25, 0.3) is 0 Å². The molecule has 0 N–H and O–H groups in total. The van der Waals surface area contributed by atoms with Gasteiger partial charge in [0, 0.05) is 31.3 Å². The van der Waals surface area contributed by atoms with Crippen molar-refractivity contribution in [3.05, 3.63) is 66.2 Å². The van der Waals surface area contributed by atoms with Crippen molar-refractivity contribution in [1.29, 1.82) is 0 Å². The van der Waals surface area contributed by atoms with E-state index in [9.17, 15) is 0 Å². The monoisotopic (exact) mass is 305 g/mol. The molecule has 0 unspecified atom stereocenters. The summed E-state index contributed by atoms with van der Waals surface area (Å²) in [4.78, 5) is 7.12. The molecular formula is C20H23N3. The first-order valence-electron chi connectivity index (χ1n) is 8.17. The molecule has 0 amide bonds. The number of para-hydroxylation sites is 1. The lowest BCUT2D eigenvalue weighted by molar-refractivity contribution is 0.865. The molecule has 0 bridgehead atoms. The maximum Gasteiger partial charge on any atom is 0.133 e. The SMILES string of the molecule is CCN(CC)c1ccc(N=c2ccc3ccccc3n2C)cc1. The number of nitrogens with zero attached hydrogens (tertiary/aromatic N) is 3. The second-order valence-corrected chi connectivity index (χ2v) is 5.61. The lowest BCUT2D eigenvalue weighted by Crippen LogP contribution is -2.21. The van der Waals surface area contributed by atoms with Gasteiger partial charge in [-0.15, -0.1) is 0 Å². The molecule has 118 valence electrons. The zero-order valence-electron chi connectivity index (χ0n) is 14.0. The first-order valence-corrected chi connectivity index (χ1v) is 8.17. The summed E-state index contributed by atoms with van der Waals surface area (Å²) in [5.41, 5.74) is 4.37. The molecular weight excluding hydrogens is 282 g/mol. The minimum absolute atomic E-state index is 0.958. The maximum atomic E-state index is 4.79. The molecule has 0 fully saturated rings. The van der Waals surface area contributed by atoms with E-state index in [4.69, 9.17) is 4.99 Å². The Labute approximate surface area is 137 Å². The molecule has 0 saturated carbocycles. The van der Waals surface area contributed by atoms with E-state index >= 15 is 0 Å². The van der Waals surface area contributed by atoms with Gasteiger partial charge in [-0.2, -0.15) is 0 Å². The van der Waals surface area contributed by atoms with Gasteiger partial charge in [-0.1, -0.05) is 18.2 Å². The van der Waals surface area contributed by atoms with E-state index in [1.165, 1.54) is 16.6 Å². The number of anilines is 1. The summed E-state index contributed by atoms with van der Waals surface area (Å²) in [6.45, 7) is 6.40. The number of rotatable bonds is 4. The van der Waals surface area contributed by atoms with Crippen LogP contribution in [0.1, 0.15) is 13.8 Å². The van der Waals surface area contributed by atoms with Crippen LogP contribution in [0.3, 0.4) is 0 Å². The third-order valence-electron chi connectivity index (χ3n) is 4.28. The average molecular weight is 305 g/mol. The van der Waals surface area contributed by atoms with Gasteiger partial charge < -0.3 is 9.47 Å². The zero-order chi connectivity index (χ0) is 16.2. The van der Waals surface area contributed by atoms with Crippen molar-refractivity contribution in [3.8, 4) is 0 Å². The van der Waals surface area contributed by atoms with Crippen molar-refractivity contribution < 1.29 is 0 Å². The third-order valence-corrected chi connectivity index (χ3v) is 4.28. The number of benzene rings is 2. The molecule has 23 heavy (non-hydrogen) atoms. The summed E-state index contributed by atoms with van der Waals surface area (Å²) in [6.07, 6.45) is 0. The molecule has 0 aliphatic heterocycles. The largest absolute Gasteiger partial charge is 0.372 e. The quantitative estimate of drug-likeness (QED) is 0.705. The fourth-order valence-electron chi connectivity index (χ4n) is 2.90. The van der Waals surface area contributed by atoms with Crippen LogP contribution in [0.5, 0.6) is 0 Å². The molecule has 0 aliphatic rings. The van der Waals surface area contributed by atoms with Crippen LogP contribution in [0.2, 0.25) is 0 Å². The Kier molecular flexibility index (Phi) is 4.47. The first-order chi connectivity index (χ1) is 11.2. The summed E-state index contributed by atoms with van der Waals surface area (Å²) < 4.78 is 2.13. The first kappa shape index (κ1) is 15.3. The lowest BCUT2D eigenvalue weighted by atomic mass is 10.2. The highest BCUT2D eigenvalue weighted by atomic mass is 15.1. The number of fused-ring (bicyclic) bond motifs is 1. The van der Waals surface area contributed by atoms with Crippen LogP contribution in [0.4, 0.5) is 11.4 Å². The van der Waals surface area contributed by atoms with Gasteiger partial charge >= 0.3 is 0 Å². The Morgan fingerprint density at radius 2 is 1.57 bits per heavy atom. The van der Waals surface area contributed by atoms with E-state index in [2.05, 4.69) is 91.0 Å². The fraction of sp³-hybridized carbons (Fsp3) is 0.250. The summed E-state index contributed by atoms with van der Waals surface area (Å²) in [5.74, 6) is 0. The van der Waals surface area contributed by atoms with Crippen LogP contribution in [-0.2, 0) is 7.05 Å². The van der Waals surface area contributed by atoms with Crippen molar-refractivity contribution in [3.63, 3.8) is 0 Å². The fourth-order valence-corrected chi connectivity index (χ4v) is 2.90. The van der Waals surface area contributed by atoms with Crippen LogP contribution in [0.15, 0.2) is 65.7 Å². The standard InChI is InChI=1S/C20H23N3/c1-4-23(5-2)18-13-11-17(12-14-18)21-20-15-10-16-8-6-7-9-19(16)22(20)3/h6-15H,4-5H2,1-3H3. The Morgan fingerprint density at radius 1 is 0.870 bits per heavy atom. The van der Waals surface area contributed by atoms with Gasteiger partial charge in [0.05, 0.1) is 5.69 Å². The highest BCUT2D eigenvalue weighted by molar-refractivity contribution is 5.78. The molecule has 3 heteroatoms. The van der Waals surface area contributed by atoms with Crippen molar-refractivity contribution in [1.82, 2.24) is 4.57 Å². The predicted octanol–water partition coefficient (Wildman–Crippen LogP) is 4.26. The van der Waals surface area contributed by atoms with E-state index in [1.807, 2.05) is 0 Å². The number of aromatic nitrogens is 1. The Hall–Kier alpha value is -2.55. The highest BCUT2D eigenvalue weighted by Crippen LogP contribution is 2.19. The van der Waals surface area contributed by atoms with Crippen LogP contribution in [-0.4, -0.2) is 17.7 Å². The normalized spacial score (nSPS) is 11.9. The van der Waals surface area contributed by atoms with Crippen LogP contribution in [0, 0.1) is 0 Å². The molecule has 1 heterocycles. The molecule has 2 aromatic carbocycles. The third kappa shape index (κ3) is 3.14. The van der Waals surface area contributed by atoms with Gasteiger partial charge in [-0.25, -0.2) is 4.99 Å². The summed E-state index contributed by atoms with van der Waals surface area (Å²) >= 11 is 0. The average Bonchev–Trinajstić information content (AvgIpc) is 2.60. The topological polar surface area (TPSA) is 20.5 Å². The lowest BCUT2D eigenvalue weighted by Gasteiger charge is -2.20. The minimum atomic E-state index is 0.958. The molecule has 3 rings (SSSR count).